The minimum absolute atomic E-state index is 0.249. The number of allylic oxidation sites excluding steroid dienone is 1. The highest BCUT2D eigenvalue weighted by Crippen LogP contribution is 2.33. The third-order valence-electron chi connectivity index (χ3n) is 15.6. The average molecular weight is 1110 g/mol. The average Bonchev–Trinajstić information content (AvgIpc) is 3.43. The molecule has 3 aliphatic heterocycles. The third-order valence-corrected chi connectivity index (χ3v) is 15.6. The summed E-state index contributed by atoms with van der Waals surface area (Å²) in [6.07, 6.45) is 14.8. The number of carbonyl (C=O) groups excluding carboxylic acids is 1. The van der Waals surface area contributed by atoms with Crippen molar-refractivity contribution in [1.82, 2.24) is 5.32 Å². The molecule has 0 aliphatic carbocycles. The molecule has 3 rings (SSSR count). The predicted molar refractivity (Wildman–Crippen MR) is 291 cm³/mol. The fourth-order valence-corrected chi connectivity index (χ4v) is 10.5. The van der Waals surface area contributed by atoms with Gasteiger partial charge in [-0.15, -0.1) is 0 Å². The molecule has 12 N–H and O–H groups in total. The molecule has 3 aliphatic rings. The van der Waals surface area contributed by atoms with Crippen molar-refractivity contribution in [3.8, 4) is 0 Å². The molecule has 0 radical (unpaired) electrons. The number of aliphatic hydroxyl groups excluding tert-OH is 11. The molecular formula is C58H109NO18. The minimum Gasteiger partial charge on any atom is -0.394 e. The number of nitrogens with one attached hydrogen (secondary N) is 1. The molecule has 0 aromatic heterocycles. The lowest BCUT2D eigenvalue weighted by Gasteiger charge is -2.48. The highest BCUT2D eigenvalue weighted by atomic mass is 16.8. The van der Waals surface area contributed by atoms with Crippen molar-refractivity contribution in [1.29, 1.82) is 0 Å². The summed E-state index contributed by atoms with van der Waals surface area (Å²) in [5, 5.41) is 120. The topological polar surface area (TPSA) is 307 Å². The fraction of sp³-hybridized carbons (Fsp3) is 0.948. The van der Waals surface area contributed by atoms with Gasteiger partial charge >= 0.3 is 0 Å². The fourth-order valence-electron chi connectivity index (χ4n) is 10.5. The number of amides is 1. The van der Waals surface area contributed by atoms with Crippen molar-refractivity contribution in [2.75, 3.05) is 26.4 Å². The van der Waals surface area contributed by atoms with Crippen molar-refractivity contribution >= 4 is 5.91 Å². The van der Waals surface area contributed by atoms with Crippen LogP contribution in [0.4, 0.5) is 0 Å². The monoisotopic (exact) mass is 1110 g/mol. The zero-order chi connectivity index (χ0) is 56.2. The zero-order valence-electron chi connectivity index (χ0n) is 47.2. The maximum atomic E-state index is 13.3. The molecule has 19 nitrogen and oxygen atoms in total. The van der Waals surface area contributed by atoms with Gasteiger partial charge in [0.2, 0.25) is 5.91 Å². The van der Waals surface area contributed by atoms with Gasteiger partial charge in [0.15, 0.2) is 18.9 Å². The molecule has 1 amide bonds. The van der Waals surface area contributed by atoms with Crippen LogP contribution in [0.3, 0.4) is 0 Å². The van der Waals surface area contributed by atoms with E-state index in [0.29, 0.717) is 6.42 Å². The Morgan fingerprint density at radius 2 is 0.805 bits per heavy atom. The van der Waals surface area contributed by atoms with Crippen LogP contribution in [0.25, 0.3) is 0 Å². The summed E-state index contributed by atoms with van der Waals surface area (Å²) < 4.78 is 34.2. The van der Waals surface area contributed by atoms with Crippen molar-refractivity contribution < 1.29 is 89.4 Å². The normalized spacial score (nSPS) is 30.7. The van der Waals surface area contributed by atoms with Gasteiger partial charge in [0.25, 0.3) is 0 Å². The molecule has 454 valence electrons. The highest BCUT2D eigenvalue weighted by Gasteiger charge is 2.53. The molecule has 0 aromatic carbocycles. The quantitative estimate of drug-likeness (QED) is 0.0269. The molecule has 77 heavy (non-hydrogen) atoms. The predicted octanol–water partition coefficient (Wildman–Crippen LogP) is 5.38. The summed E-state index contributed by atoms with van der Waals surface area (Å²) in [6, 6.07) is -0.966. The van der Waals surface area contributed by atoms with Gasteiger partial charge in [0.1, 0.15) is 73.2 Å². The van der Waals surface area contributed by atoms with Crippen molar-refractivity contribution in [2.24, 2.45) is 0 Å². The Kier molecular flexibility index (Phi) is 38.4. The van der Waals surface area contributed by atoms with Crippen LogP contribution in [0.2, 0.25) is 0 Å². The standard InChI is InChI=1S/C58H109NO18/c1-3-5-7-9-11-13-15-17-18-19-20-21-22-24-26-28-30-32-34-36-46(64)59-41(42(63)35-33-31-29-27-25-23-16-14-12-10-8-6-4-2)40-72-56-52(70)49(67)54(44(38-61)74-56)77-58-53(71)50(68)55(45(39-62)75-58)76-57-51(69)48(66)47(65)43(37-60)73-57/h33,35,41-45,47-58,60-63,65-71H,3-32,34,36-40H2,1-2H3,(H,59,64)/b35-33+/t41-,42+,43+,44+,45+,47-,48-,49+,50+,51+,52+,53+,54+,55-,56+,57+,58-/m0/s1. The summed E-state index contributed by atoms with van der Waals surface area (Å²) in [7, 11) is 0. The van der Waals surface area contributed by atoms with Gasteiger partial charge in [-0.25, -0.2) is 0 Å². The summed E-state index contributed by atoms with van der Waals surface area (Å²) in [4.78, 5) is 13.3. The first-order valence-corrected chi connectivity index (χ1v) is 30.4. The van der Waals surface area contributed by atoms with E-state index in [1.54, 1.807) is 6.08 Å². The summed E-state index contributed by atoms with van der Waals surface area (Å²) in [5.74, 6) is -0.273. The van der Waals surface area contributed by atoms with Gasteiger partial charge in [-0.05, 0) is 19.3 Å². The minimum atomic E-state index is -1.97. The van der Waals surface area contributed by atoms with Crippen molar-refractivity contribution in [2.45, 2.75) is 324 Å². The third kappa shape index (κ3) is 26.5. The van der Waals surface area contributed by atoms with Gasteiger partial charge < -0.3 is 89.9 Å². The maximum absolute atomic E-state index is 13.3. The van der Waals surface area contributed by atoms with Gasteiger partial charge in [0.05, 0.1) is 38.6 Å². The molecule has 0 bridgehead atoms. The van der Waals surface area contributed by atoms with Crippen LogP contribution in [-0.2, 0) is 33.2 Å². The van der Waals surface area contributed by atoms with Crippen molar-refractivity contribution in [3.05, 3.63) is 12.2 Å². The van der Waals surface area contributed by atoms with Crippen molar-refractivity contribution in [3.63, 3.8) is 0 Å². The number of unbranched alkanes of at least 4 members (excludes halogenated alkanes) is 29. The summed E-state index contributed by atoms with van der Waals surface area (Å²) in [6.45, 7) is 1.73. The highest BCUT2D eigenvalue weighted by molar-refractivity contribution is 5.76. The van der Waals surface area contributed by atoms with Gasteiger partial charge in [-0.3, -0.25) is 4.79 Å². The summed E-state index contributed by atoms with van der Waals surface area (Å²) in [5.41, 5.74) is 0. The number of rotatable bonds is 45. The molecule has 0 aromatic rings. The van der Waals surface area contributed by atoms with E-state index in [4.69, 9.17) is 28.4 Å². The smallest absolute Gasteiger partial charge is 0.220 e. The lowest BCUT2D eigenvalue weighted by Crippen LogP contribution is -2.66. The molecule has 0 spiro atoms. The maximum Gasteiger partial charge on any atom is 0.220 e. The lowest BCUT2D eigenvalue weighted by molar-refractivity contribution is -0.379. The van der Waals surface area contributed by atoms with Gasteiger partial charge in [0, 0.05) is 6.42 Å². The van der Waals surface area contributed by atoms with E-state index in [0.717, 1.165) is 44.9 Å². The largest absolute Gasteiger partial charge is 0.394 e. The first-order valence-electron chi connectivity index (χ1n) is 30.4. The Bertz CT molecular complexity index is 1460. The van der Waals surface area contributed by atoms with E-state index in [-0.39, 0.29) is 18.9 Å². The van der Waals surface area contributed by atoms with E-state index in [9.17, 15) is 61.0 Å². The van der Waals surface area contributed by atoms with E-state index in [2.05, 4.69) is 19.2 Å². The number of aliphatic hydroxyl groups is 11. The van der Waals surface area contributed by atoms with E-state index < -0.39 is 124 Å². The van der Waals surface area contributed by atoms with E-state index >= 15 is 0 Å². The molecule has 0 saturated carbocycles. The van der Waals surface area contributed by atoms with Crippen LogP contribution in [0.15, 0.2) is 12.2 Å². The Morgan fingerprint density at radius 1 is 0.455 bits per heavy atom. The second kappa shape index (κ2) is 42.4. The van der Waals surface area contributed by atoms with Gasteiger partial charge in [-0.2, -0.15) is 0 Å². The Morgan fingerprint density at radius 3 is 1.22 bits per heavy atom. The second-order valence-corrected chi connectivity index (χ2v) is 22.2. The Hall–Kier alpha value is -1.47. The number of carbonyl (C=O) groups is 1. The molecule has 3 heterocycles. The van der Waals surface area contributed by atoms with Gasteiger partial charge in [-0.1, -0.05) is 206 Å². The first-order chi connectivity index (χ1) is 37.3. The SMILES string of the molecule is CCCCCCCCCCCCC/C=C/[C@@H](O)[C@H](CO[C@@H]1O[C@H](CO)[C@@H](O[C@@H]2O[C@H](CO)[C@H](O[C@H]3O[C@H](CO)[C@H](O)[C@H](O)[C@H]3O)[C@H](O)[C@H]2O)[C@H](O)[C@H]1O)NC(=O)CCCCCCCCCCCCCCCCCCCCC. The van der Waals surface area contributed by atoms with Crippen LogP contribution < -0.4 is 5.32 Å². The Balaban J connectivity index is 1.49. The van der Waals surface area contributed by atoms with Crippen LogP contribution in [0.5, 0.6) is 0 Å². The lowest BCUT2D eigenvalue weighted by atomic mass is 9.96. The number of hydrogen-bond donors (Lipinski definition) is 12. The number of hydrogen-bond acceptors (Lipinski definition) is 18. The first kappa shape index (κ1) is 69.8. The van der Waals surface area contributed by atoms with Crippen LogP contribution >= 0.6 is 0 Å². The van der Waals surface area contributed by atoms with E-state index in [1.807, 2.05) is 6.08 Å². The Labute approximate surface area is 461 Å². The molecule has 19 heteroatoms. The molecular weight excluding hydrogens is 999 g/mol. The molecule has 0 unspecified atom stereocenters. The molecule has 3 fully saturated rings. The molecule has 3 saturated heterocycles. The zero-order valence-corrected chi connectivity index (χ0v) is 47.2. The number of ether oxygens (including phenoxy) is 6. The van der Waals surface area contributed by atoms with E-state index in [1.165, 1.54) is 148 Å². The van der Waals surface area contributed by atoms with Crippen LogP contribution in [0, 0.1) is 0 Å². The second-order valence-electron chi connectivity index (χ2n) is 22.2. The summed E-state index contributed by atoms with van der Waals surface area (Å²) >= 11 is 0. The molecule has 17 atom stereocenters. The van der Waals surface area contributed by atoms with Crippen LogP contribution in [0.1, 0.15) is 219 Å². The van der Waals surface area contributed by atoms with Crippen LogP contribution in [-0.4, -0.2) is 193 Å².